The zero-order valence-electron chi connectivity index (χ0n) is 16.3. The number of allylic oxidation sites excluding steroid dienone is 2. The second-order valence-electron chi connectivity index (χ2n) is 10.0. The van der Waals surface area contributed by atoms with Crippen molar-refractivity contribution >= 4 is 5.97 Å². The minimum Gasteiger partial charge on any atom is -0.458 e. The van der Waals surface area contributed by atoms with Gasteiger partial charge in [-0.1, -0.05) is 18.6 Å². The number of carbonyl (C=O) groups excluding carboxylic acids is 1. The summed E-state index contributed by atoms with van der Waals surface area (Å²) in [5.74, 6) is 1.79. The minimum atomic E-state index is -0.184. The average Bonchev–Trinajstić information content (AvgIpc) is 3.23. The van der Waals surface area contributed by atoms with E-state index in [-0.39, 0.29) is 29.5 Å². The molecule has 0 spiro atoms. The van der Waals surface area contributed by atoms with Crippen LogP contribution in [-0.2, 0) is 9.53 Å². The molecule has 4 heteroatoms. The van der Waals surface area contributed by atoms with Gasteiger partial charge in [0, 0.05) is 12.7 Å². The standard InChI is InChI=1S/C23H32O4/c1-22-8-7-20-17(3-2-15-11-16(25)6-9-23(15,20)13-24)19(22)5-4-18(22)14-10-21(26)27-12-14/h5,10,15-18,20,24-25H,2-4,6-9,11-13H2,1H3. The van der Waals surface area contributed by atoms with E-state index >= 15 is 0 Å². The molecule has 0 radical (unpaired) electrons. The summed E-state index contributed by atoms with van der Waals surface area (Å²) in [7, 11) is 0. The van der Waals surface area contributed by atoms with Crippen molar-refractivity contribution in [3.63, 3.8) is 0 Å². The lowest BCUT2D eigenvalue weighted by atomic mass is 9.45. The van der Waals surface area contributed by atoms with Gasteiger partial charge in [-0.2, -0.15) is 0 Å². The Labute approximate surface area is 161 Å². The summed E-state index contributed by atoms with van der Waals surface area (Å²) < 4.78 is 5.21. The number of esters is 1. The van der Waals surface area contributed by atoms with Crippen LogP contribution in [0.1, 0.15) is 58.3 Å². The molecule has 3 fully saturated rings. The molecule has 5 rings (SSSR count). The first-order chi connectivity index (χ1) is 13.0. The topological polar surface area (TPSA) is 66.8 Å². The Bertz CT molecular complexity index is 709. The van der Waals surface area contributed by atoms with E-state index in [1.165, 1.54) is 12.0 Å². The molecular formula is C23H32O4. The SMILES string of the molecule is CC12CCC3C(CCC4CC(O)CCC43CO)C1=CCC2C1=CC(=O)OC1. The third kappa shape index (κ3) is 2.45. The molecule has 0 amide bonds. The van der Waals surface area contributed by atoms with Crippen LogP contribution in [0.3, 0.4) is 0 Å². The molecule has 1 aliphatic heterocycles. The van der Waals surface area contributed by atoms with Crippen LogP contribution in [0.2, 0.25) is 0 Å². The molecule has 0 aromatic carbocycles. The molecule has 4 aliphatic carbocycles. The average molecular weight is 373 g/mol. The molecule has 7 atom stereocenters. The van der Waals surface area contributed by atoms with E-state index in [9.17, 15) is 15.0 Å². The second-order valence-corrected chi connectivity index (χ2v) is 10.0. The Kier molecular flexibility index (Phi) is 4.11. The molecule has 1 heterocycles. The Morgan fingerprint density at radius 2 is 2.07 bits per heavy atom. The highest BCUT2D eigenvalue weighted by Crippen LogP contribution is 2.66. The van der Waals surface area contributed by atoms with Gasteiger partial charge in [0.2, 0.25) is 0 Å². The molecule has 7 unspecified atom stereocenters. The third-order valence-electron chi connectivity index (χ3n) is 9.17. The van der Waals surface area contributed by atoms with Gasteiger partial charge in [0.25, 0.3) is 0 Å². The number of hydrogen-bond acceptors (Lipinski definition) is 4. The lowest BCUT2D eigenvalue weighted by molar-refractivity contribution is -0.135. The smallest absolute Gasteiger partial charge is 0.331 e. The predicted molar refractivity (Wildman–Crippen MR) is 102 cm³/mol. The summed E-state index contributed by atoms with van der Waals surface area (Å²) in [5.41, 5.74) is 2.92. The van der Waals surface area contributed by atoms with Crippen LogP contribution in [0, 0.1) is 34.5 Å². The Balaban J connectivity index is 1.45. The summed E-state index contributed by atoms with van der Waals surface area (Å²) >= 11 is 0. The zero-order valence-corrected chi connectivity index (χ0v) is 16.3. The van der Waals surface area contributed by atoms with Crippen LogP contribution in [0.5, 0.6) is 0 Å². The molecule has 148 valence electrons. The van der Waals surface area contributed by atoms with E-state index in [2.05, 4.69) is 13.0 Å². The summed E-state index contributed by atoms with van der Waals surface area (Å²) in [6, 6.07) is 0. The normalized spacial score (nSPS) is 48.9. The molecule has 2 N–H and O–H groups in total. The van der Waals surface area contributed by atoms with Gasteiger partial charge in [-0.3, -0.25) is 0 Å². The number of hydrogen-bond donors (Lipinski definition) is 2. The molecule has 5 aliphatic rings. The van der Waals surface area contributed by atoms with Crippen LogP contribution in [-0.4, -0.2) is 35.5 Å². The van der Waals surface area contributed by atoms with Crippen molar-refractivity contribution in [2.24, 2.45) is 34.5 Å². The van der Waals surface area contributed by atoms with Crippen molar-refractivity contribution in [3.05, 3.63) is 23.3 Å². The largest absolute Gasteiger partial charge is 0.458 e. The van der Waals surface area contributed by atoms with Gasteiger partial charge in [-0.05, 0) is 91.4 Å². The van der Waals surface area contributed by atoms with E-state index < -0.39 is 0 Å². The predicted octanol–water partition coefficient (Wildman–Crippen LogP) is 3.38. The van der Waals surface area contributed by atoms with Crippen molar-refractivity contribution in [3.8, 4) is 0 Å². The van der Waals surface area contributed by atoms with Crippen molar-refractivity contribution in [1.82, 2.24) is 0 Å². The van der Waals surface area contributed by atoms with Gasteiger partial charge in [0.05, 0.1) is 6.10 Å². The summed E-state index contributed by atoms with van der Waals surface area (Å²) in [6.45, 7) is 3.14. The first-order valence-electron chi connectivity index (χ1n) is 10.8. The van der Waals surface area contributed by atoms with Gasteiger partial charge in [-0.25, -0.2) is 4.79 Å². The zero-order chi connectivity index (χ0) is 18.8. The highest BCUT2D eigenvalue weighted by Gasteiger charge is 2.59. The Hall–Kier alpha value is -1.13. The van der Waals surface area contributed by atoms with Crippen LogP contribution in [0.25, 0.3) is 0 Å². The number of fused-ring (bicyclic) bond motifs is 5. The number of carbonyl (C=O) groups is 1. The van der Waals surface area contributed by atoms with E-state index in [1.54, 1.807) is 11.6 Å². The van der Waals surface area contributed by atoms with Crippen LogP contribution < -0.4 is 0 Å². The molecule has 0 aromatic heterocycles. The molecule has 27 heavy (non-hydrogen) atoms. The first kappa shape index (κ1) is 17.9. The molecule has 0 saturated heterocycles. The van der Waals surface area contributed by atoms with Gasteiger partial charge in [0.1, 0.15) is 6.61 Å². The molecular weight excluding hydrogens is 340 g/mol. The van der Waals surface area contributed by atoms with Crippen LogP contribution >= 0.6 is 0 Å². The fourth-order valence-corrected chi connectivity index (χ4v) is 7.82. The number of cyclic esters (lactones) is 1. The van der Waals surface area contributed by atoms with E-state index in [1.807, 2.05) is 0 Å². The summed E-state index contributed by atoms with van der Waals surface area (Å²) in [4.78, 5) is 11.6. The fourth-order valence-electron chi connectivity index (χ4n) is 7.82. The molecule has 3 saturated carbocycles. The van der Waals surface area contributed by atoms with Gasteiger partial charge in [-0.15, -0.1) is 0 Å². The lowest BCUT2D eigenvalue weighted by Gasteiger charge is -2.60. The Morgan fingerprint density at radius 1 is 1.22 bits per heavy atom. The van der Waals surface area contributed by atoms with Crippen LogP contribution in [0.4, 0.5) is 0 Å². The van der Waals surface area contributed by atoms with E-state index in [0.717, 1.165) is 44.9 Å². The first-order valence-corrected chi connectivity index (χ1v) is 10.8. The second kappa shape index (κ2) is 6.18. The summed E-state index contributed by atoms with van der Waals surface area (Å²) in [5, 5.41) is 20.7. The molecule has 0 aromatic rings. The quantitative estimate of drug-likeness (QED) is 0.576. The maximum Gasteiger partial charge on any atom is 0.331 e. The third-order valence-corrected chi connectivity index (χ3v) is 9.17. The van der Waals surface area contributed by atoms with Gasteiger partial charge < -0.3 is 14.9 Å². The Morgan fingerprint density at radius 3 is 2.81 bits per heavy atom. The van der Waals surface area contributed by atoms with Crippen molar-refractivity contribution in [2.45, 2.75) is 64.4 Å². The number of rotatable bonds is 2. The monoisotopic (exact) mass is 372 g/mol. The molecule has 4 nitrogen and oxygen atoms in total. The van der Waals surface area contributed by atoms with Crippen molar-refractivity contribution in [1.29, 1.82) is 0 Å². The van der Waals surface area contributed by atoms with E-state index in [4.69, 9.17) is 4.74 Å². The number of ether oxygens (including phenoxy) is 1. The number of aliphatic hydroxyl groups is 2. The highest BCUT2D eigenvalue weighted by molar-refractivity contribution is 5.85. The lowest BCUT2D eigenvalue weighted by Crippen LogP contribution is -2.55. The maximum atomic E-state index is 11.6. The fraction of sp³-hybridized carbons (Fsp3) is 0.783. The highest BCUT2D eigenvalue weighted by atomic mass is 16.5. The van der Waals surface area contributed by atoms with E-state index in [0.29, 0.717) is 30.3 Å². The van der Waals surface area contributed by atoms with Gasteiger partial charge in [0.15, 0.2) is 0 Å². The van der Waals surface area contributed by atoms with Crippen molar-refractivity contribution in [2.75, 3.05) is 13.2 Å². The number of aliphatic hydroxyl groups excluding tert-OH is 2. The maximum absolute atomic E-state index is 11.6. The van der Waals surface area contributed by atoms with Crippen LogP contribution in [0.15, 0.2) is 23.3 Å². The summed E-state index contributed by atoms with van der Waals surface area (Å²) in [6.07, 6.45) is 12.3. The van der Waals surface area contributed by atoms with Gasteiger partial charge >= 0.3 is 5.97 Å². The molecule has 0 bridgehead atoms. The van der Waals surface area contributed by atoms with Crippen molar-refractivity contribution < 1.29 is 19.7 Å². The minimum absolute atomic E-state index is 0.00804.